The highest BCUT2D eigenvalue weighted by Crippen LogP contribution is 2.24. The van der Waals surface area contributed by atoms with E-state index in [1.807, 2.05) is 60.7 Å². The highest BCUT2D eigenvalue weighted by molar-refractivity contribution is 5.98. The first kappa shape index (κ1) is 21.5. The molecule has 0 fully saturated rings. The molecule has 0 aliphatic heterocycles. The number of benzene rings is 3. The largest absolute Gasteiger partial charge is 0.452 e. The molecule has 162 valence electrons. The van der Waals surface area contributed by atoms with Crippen molar-refractivity contribution in [3.63, 3.8) is 0 Å². The van der Waals surface area contributed by atoms with Crippen molar-refractivity contribution >= 4 is 17.6 Å². The maximum atomic E-state index is 12.9. The third kappa shape index (κ3) is 5.32. The normalized spacial score (nSPS) is 10.3. The number of rotatable bonds is 7. The topological polar surface area (TPSA) is 97.0 Å². The summed E-state index contributed by atoms with van der Waals surface area (Å²) in [6.07, 6.45) is 1.90. The number of aromatic nitrogens is 2. The smallest absolute Gasteiger partial charge is 0.342 e. The maximum Gasteiger partial charge on any atom is 0.342 e. The lowest BCUT2D eigenvalue weighted by atomic mass is 10.1. The Hall–Kier alpha value is -4.70. The zero-order valence-corrected chi connectivity index (χ0v) is 17.6. The van der Waals surface area contributed by atoms with E-state index in [0.717, 1.165) is 16.8 Å². The van der Waals surface area contributed by atoms with Crippen LogP contribution in [0.25, 0.3) is 16.9 Å². The van der Waals surface area contributed by atoms with Gasteiger partial charge in [-0.15, -0.1) is 0 Å². The van der Waals surface area contributed by atoms with Gasteiger partial charge in [0.25, 0.3) is 5.91 Å². The van der Waals surface area contributed by atoms with Gasteiger partial charge >= 0.3 is 5.97 Å². The summed E-state index contributed by atoms with van der Waals surface area (Å²) in [6, 6.07) is 27.7. The van der Waals surface area contributed by atoms with Crippen LogP contribution >= 0.6 is 0 Å². The fourth-order valence-corrected chi connectivity index (χ4v) is 3.25. The lowest BCUT2D eigenvalue weighted by Gasteiger charge is -2.07. The quantitative estimate of drug-likeness (QED) is 0.433. The Kier molecular flexibility index (Phi) is 6.57. The summed E-state index contributed by atoms with van der Waals surface area (Å²) >= 11 is 0. The molecule has 4 aromatic rings. The number of hydrogen-bond acceptors (Lipinski definition) is 5. The molecule has 3 aromatic carbocycles. The van der Waals surface area contributed by atoms with Crippen LogP contribution in [0.4, 0.5) is 5.69 Å². The molecule has 0 bridgehead atoms. The van der Waals surface area contributed by atoms with E-state index in [1.54, 1.807) is 35.1 Å². The van der Waals surface area contributed by atoms with Gasteiger partial charge in [0.15, 0.2) is 6.61 Å². The maximum absolute atomic E-state index is 12.9. The first-order valence-corrected chi connectivity index (χ1v) is 10.3. The van der Waals surface area contributed by atoms with Crippen LogP contribution in [0.5, 0.6) is 0 Å². The Bertz CT molecular complexity index is 1290. The van der Waals surface area contributed by atoms with Crippen molar-refractivity contribution in [1.29, 1.82) is 5.26 Å². The predicted octanol–water partition coefficient (Wildman–Crippen LogP) is 4.40. The number of amides is 1. The van der Waals surface area contributed by atoms with E-state index in [1.165, 1.54) is 0 Å². The number of nitriles is 1. The monoisotopic (exact) mass is 436 g/mol. The second-order valence-corrected chi connectivity index (χ2v) is 7.19. The van der Waals surface area contributed by atoms with Crippen LogP contribution in [-0.2, 0) is 16.0 Å². The first-order chi connectivity index (χ1) is 16.1. The number of hydrogen-bond donors (Lipinski definition) is 1. The van der Waals surface area contributed by atoms with Crippen LogP contribution in [-0.4, -0.2) is 28.3 Å². The van der Waals surface area contributed by atoms with Crippen LogP contribution < -0.4 is 5.32 Å². The van der Waals surface area contributed by atoms with Gasteiger partial charge in [0.05, 0.1) is 18.2 Å². The number of nitrogens with one attached hydrogen (secondary N) is 1. The third-order valence-corrected chi connectivity index (χ3v) is 4.86. The van der Waals surface area contributed by atoms with E-state index in [-0.39, 0.29) is 5.56 Å². The number of anilines is 1. The molecule has 1 amide bonds. The van der Waals surface area contributed by atoms with Gasteiger partial charge in [-0.1, -0.05) is 60.7 Å². The zero-order valence-electron chi connectivity index (χ0n) is 17.6. The molecule has 1 heterocycles. The minimum atomic E-state index is -0.643. The summed E-state index contributed by atoms with van der Waals surface area (Å²) in [5.74, 6) is -1.11. The van der Waals surface area contributed by atoms with Crippen molar-refractivity contribution in [1.82, 2.24) is 9.78 Å². The summed E-state index contributed by atoms with van der Waals surface area (Å²) in [4.78, 5) is 25.1. The van der Waals surface area contributed by atoms with E-state index < -0.39 is 18.5 Å². The molecule has 33 heavy (non-hydrogen) atoms. The number of carbonyl (C=O) groups excluding carboxylic acids is 2. The first-order valence-electron chi connectivity index (χ1n) is 10.3. The van der Waals surface area contributed by atoms with Crippen LogP contribution in [0.3, 0.4) is 0 Å². The standard InChI is InChI=1S/C26H20N4O3/c27-16-15-19-11-13-21(14-12-19)28-24(31)18-33-26(32)23-17-30(22-9-5-2-6-10-22)29-25(23)20-7-3-1-4-8-20/h1-14,17H,15,18H2,(H,28,31). The van der Waals surface area contributed by atoms with Crippen molar-refractivity contribution < 1.29 is 14.3 Å². The number of ether oxygens (including phenoxy) is 1. The molecule has 1 N–H and O–H groups in total. The van der Waals surface area contributed by atoms with Gasteiger partial charge in [-0.25, -0.2) is 9.48 Å². The molecule has 0 aliphatic rings. The lowest BCUT2D eigenvalue weighted by molar-refractivity contribution is -0.119. The van der Waals surface area contributed by atoms with E-state index in [0.29, 0.717) is 17.8 Å². The van der Waals surface area contributed by atoms with Crippen LogP contribution in [0.1, 0.15) is 15.9 Å². The minimum absolute atomic E-state index is 0.263. The average molecular weight is 436 g/mol. The van der Waals surface area contributed by atoms with Gasteiger partial charge in [0.1, 0.15) is 11.3 Å². The minimum Gasteiger partial charge on any atom is -0.452 e. The molecule has 7 nitrogen and oxygen atoms in total. The Labute approximate surface area is 190 Å². The van der Waals surface area contributed by atoms with Gasteiger partial charge in [-0.2, -0.15) is 10.4 Å². The molecule has 0 atom stereocenters. The van der Waals surface area contributed by atoms with Crippen molar-refractivity contribution in [2.24, 2.45) is 0 Å². The molecule has 0 radical (unpaired) electrons. The Morgan fingerprint density at radius 3 is 2.27 bits per heavy atom. The number of para-hydroxylation sites is 1. The number of carbonyl (C=O) groups is 2. The molecule has 1 aromatic heterocycles. The van der Waals surface area contributed by atoms with Gasteiger partial charge in [-0.3, -0.25) is 4.79 Å². The van der Waals surface area contributed by atoms with Gasteiger partial charge < -0.3 is 10.1 Å². The summed E-state index contributed by atoms with van der Waals surface area (Å²) in [6.45, 7) is -0.441. The second-order valence-electron chi connectivity index (χ2n) is 7.19. The summed E-state index contributed by atoms with van der Waals surface area (Å²) in [5.41, 5.74) is 3.70. The Morgan fingerprint density at radius 2 is 1.61 bits per heavy atom. The highest BCUT2D eigenvalue weighted by atomic mass is 16.5. The highest BCUT2D eigenvalue weighted by Gasteiger charge is 2.21. The fourth-order valence-electron chi connectivity index (χ4n) is 3.25. The molecular weight excluding hydrogens is 416 g/mol. The van der Waals surface area contributed by atoms with Gasteiger partial charge in [-0.05, 0) is 29.8 Å². The summed E-state index contributed by atoms with van der Waals surface area (Å²) in [5, 5.41) is 16.0. The third-order valence-electron chi connectivity index (χ3n) is 4.86. The molecule has 7 heteroatoms. The number of esters is 1. The molecule has 0 aliphatic carbocycles. The average Bonchev–Trinajstić information content (AvgIpc) is 3.31. The van der Waals surface area contributed by atoms with Crippen LogP contribution in [0.15, 0.2) is 91.1 Å². The SMILES string of the molecule is N#CCc1ccc(NC(=O)COC(=O)c2cn(-c3ccccc3)nc2-c2ccccc2)cc1. The Balaban J connectivity index is 1.48. The van der Waals surface area contributed by atoms with E-state index in [4.69, 9.17) is 10.00 Å². The van der Waals surface area contributed by atoms with Crippen LogP contribution in [0.2, 0.25) is 0 Å². The zero-order chi connectivity index (χ0) is 23.0. The molecule has 0 saturated carbocycles. The molecular formula is C26H20N4O3. The van der Waals surface area contributed by atoms with Crippen molar-refractivity contribution in [3.05, 3.63) is 102 Å². The molecule has 4 rings (SSSR count). The van der Waals surface area contributed by atoms with Crippen molar-refractivity contribution in [2.75, 3.05) is 11.9 Å². The predicted molar refractivity (Wildman–Crippen MR) is 124 cm³/mol. The molecule has 0 unspecified atom stereocenters. The fraction of sp³-hybridized carbons (Fsp3) is 0.0769. The molecule has 0 saturated heterocycles. The van der Waals surface area contributed by atoms with Crippen molar-refractivity contribution in [2.45, 2.75) is 6.42 Å². The van der Waals surface area contributed by atoms with Crippen LogP contribution in [0, 0.1) is 11.3 Å². The second kappa shape index (κ2) is 10.1. The number of nitrogens with zero attached hydrogens (tertiary/aromatic N) is 3. The van der Waals surface area contributed by atoms with Gasteiger partial charge in [0.2, 0.25) is 0 Å². The summed E-state index contributed by atoms with van der Waals surface area (Å²) in [7, 11) is 0. The summed E-state index contributed by atoms with van der Waals surface area (Å²) < 4.78 is 6.90. The molecule has 0 spiro atoms. The van der Waals surface area contributed by atoms with E-state index in [9.17, 15) is 9.59 Å². The Morgan fingerprint density at radius 1 is 0.939 bits per heavy atom. The van der Waals surface area contributed by atoms with Crippen molar-refractivity contribution in [3.8, 4) is 23.0 Å². The van der Waals surface area contributed by atoms with E-state index >= 15 is 0 Å². The van der Waals surface area contributed by atoms with E-state index in [2.05, 4.69) is 16.5 Å². The lowest BCUT2D eigenvalue weighted by Crippen LogP contribution is -2.21. The van der Waals surface area contributed by atoms with Gasteiger partial charge in [0, 0.05) is 17.4 Å².